The largest absolute Gasteiger partial charge is 0.505 e. The molecule has 0 fully saturated rings. The smallest absolute Gasteiger partial charge is 0.261 e. The third-order valence-electron chi connectivity index (χ3n) is 3.48. The topological polar surface area (TPSA) is 95.5 Å². The maximum Gasteiger partial charge on any atom is 0.261 e. The molecule has 128 valence electrons. The van der Waals surface area contributed by atoms with E-state index in [9.17, 15) is 19.5 Å². The maximum absolute atomic E-state index is 12.5. The van der Waals surface area contributed by atoms with Crippen LogP contribution in [0.3, 0.4) is 0 Å². The van der Waals surface area contributed by atoms with E-state index in [-0.39, 0.29) is 36.9 Å². The van der Waals surface area contributed by atoms with Gasteiger partial charge in [0.2, 0.25) is 0 Å². The van der Waals surface area contributed by atoms with Crippen molar-refractivity contribution in [2.75, 3.05) is 5.32 Å². The molecule has 0 saturated carbocycles. The lowest BCUT2D eigenvalue weighted by atomic mass is 10.1. The molecule has 10 heteroatoms. The molecule has 0 bridgehead atoms. The van der Waals surface area contributed by atoms with Crippen molar-refractivity contribution in [1.29, 1.82) is 0 Å². The molecule has 1 heterocycles. The van der Waals surface area contributed by atoms with Crippen molar-refractivity contribution in [2.45, 2.75) is 0 Å². The van der Waals surface area contributed by atoms with Crippen molar-refractivity contribution in [1.82, 2.24) is 5.32 Å². The van der Waals surface area contributed by atoms with Gasteiger partial charge in [-0.3, -0.25) is 19.7 Å². The number of anilines is 1. The zero-order valence-corrected chi connectivity index (χ0v) is 14.9. The highest BCUT2D eigenvalue weighted by Gasteiger charge is 2.31. The van der Waals surface area contributed by atoms with Gasteiger partial charge in [-0.25, -0.2) is 0 Å². The molecule has 3 N–H and O–H groups in total. The van der Waals surface area contributed by atoms with Crippen molar-refractivity contribution in [3.63, 3.8) is 0 Å². The summed E-state index contributed by atoms with van der Waals surface area (Å²) in [6.07, 6.45) is 0. The van der Waals surface area contributed by atoms with E-state index in [1.807, 2.05) is 0 Å². The van der Waals surface area contributed by atoms with Crippen LogP contribution in [0.5, 0.6) is 5.75 Å². The number of carbonyl (C=O) groups excluding carboxylic acids is 3. The van der Waals surface area contributed by atoms with Gasteiger partial charge in [0.1, 0.15) is 16.3 Å². The second kappa shape index (κ2) is 6.38. The average molecular weight is 420 g/mol. The lowest BCUT2D eigenvalue weighted by Crippen LogP contribution is -2.21. The summed E-state index contributed by atoms with van der Waals surface area (Å²) >= 11 is 23.5. The Labute approximate surface area is 160 Å². The summed E-state index contributed by atoms with van der Waals surface area (Å²) in [5.41, 5.74) is -0.236. The van der Waals surface area contributed by atoms with Crippen LogP contribution in [0, 0.1) is 0 Å². The van der Waals surface area contributed by atoms with Crippen LogP contribution in [0.2, 0.25) is 20.1 Å². The average Bonchev–Trinajstić information content (AvgIpc) is 2.87. The number of fused-ring (bicyclic) bond motifs is 1. The number of phenolic OH excluding ortho intramolecular Hbond substituents is 1. The number of rotatable bonds is 2. The standard InChI is InChI=1S/C15H6Cl4N2O4/c16-8-7(12(22)11(19)10(18)9(8)17)15(25)20-5-3-1-2-4-6(5)14(24)21-13(4)23/h1-3,22H,(H,20,25)(H,21,23,24). The van der Waals surface area contributed by atoms with Crippen molar-refractivity contribution >= 4 is 69.8 Å². The Bertz CT molecular complexity index is 945. The van der Waals surface area contributed by atoms with E-state index in [2.05, 4.69) is 10.6 Å². The number of hydrogen-bond acceptors (Lipinski definition) is 4. The SMILES string of the molecule is O=C1NC(=O)c2c(NC(=O)c3c(O)c(Cl)c(Cl)c(Cl)c3Cl)cccc21. The maximum atomic E-state index is 12.5. The lowest BCUT2D eigenvalue weighted by molar-refractivity contribution is 0.0879. The number of aromatic hydroxyl groups is 1. The Morgan fingerprint density at radius 3 is 2.28 bits per heavy atom. The number of halogens is 4. The van der Waals surface area contributed by atoms with Gasteiger partial charge in [-0.1, -0.05) is 52.5 Å². The van der Waals surface area contributed by atoms with E-state index < -0.39 is 29.0 Å². The minimum Gasteiger partial charge on any atom is -0.505 e. The highest BCUT2D eigenvalue weighted by molar-refractivity contribution is 6.53. The molecule has 1 aliphatic heterocycles. The summed E-state index contributed by atoms with van der Waals surface area (Å²) in [5, 5.41) is 13.5. The Morgan fingerprint density at radius 1 is 0.960 bits per heavy atom. The zero-order chi connectivity index (χ0) is 18.5. The third-order valence-corrected chi connectivity index (χ3v) is 5.27. The first kappa shape index (κ1) is 17.8. The van der Waals surface area contributed by atoms with Crippen LogP contribution < -0.4 is 10.6 Å². The van der Waals surface area contributed by atoms with Gasteiger partial charge in [0.25, 0.3) is 17.7 Å². The predicted molar refractivity (Wildman–Crippen MR) is 94.3 cm³/mol. The zero-order valence-electron chi connectivity index (χ0n) is 11.9. The van der Waals surface area contributed by atoms with Crippen molar-refractivity contribution in [3.8, 4) is 5.75 Å². The molecular formula is C15H6Cl4N2O4. The van der Waals surface area contributed by atoms with Gasteiger partial charge in [-0.2, -0.15) is 0 Å². The summed E-state index contributed by atoms with van der Waals surface area (Å²) in [6, 6.07) is 4.33. The summed E-state index contributed by atoms with van der Waals surface area (Å²) in [5.74, 6) is -2.77. The molecular weight excluding hydrogens is 414 g/mol. The fraction of sp³-hybridized carbons (Fsp3) is 0. The quantitative estimate of drug-likeness (QED) is 0.387. The van der Waals surface area contributed by atoms with Gasteiger partial charge in [-0.05, 0) is 12.1 Å². The summed E-state index contributed by atoms with van der Waals surface area (Å²) in [4.78, 5) is 36.1. The van der Waals surface area contributed by atoms with Gasteiger partial charge in [-0.15, -0.1) is 0 Å². The van der Waals surface area contributed by atoms with Gasteiger partial charge in [0, 0.05) is 0 Å². The minimum absolute atomic E-state index is 0.00243. The van der Waals surface area contributed by atoms with E-state index >= 15 is 0 Å². The molecule has 0 aromatic heterocycles. The first-order chi connectivity index (χ1) is 11.7. The molecule has 25 heavy (non-hydrogen) atoms. The first-order valence-electron chi connectivity index (χ1n) is 6.59. The van der Waals surface area contributed by atoms with Crippen molar-refractivity contribution in [3.05, 3.63) is 55.0 Å². The fourth-order valence-corrected chi connectivity index (χ4v) is 3.26. The number of phenols is 1. The van der Waals surface area contributed by atoms with E-state index in [0.29, 0.717) is 0 Å². The predicted octanol–water partition coefficient (Wildman–Crippen LogP) is 4.14. The second-order valence-corrected chi connectivity index (χ2v) is 6.46. The molecule has 0 aliphatic carbocycles. The molecule has 1 aliphatic rings. The van der Waals surface area contributed by atoms with Gasteiger partial charge >= 0.3 is 0 Å². The normalized spacial score (nSPS) is 12.8. The molecule has 3 rings (SSSR count). The molecule has 0 atom stereocenters. The van der Waals surface area contributed by atoms with Gasteiger partial charge < -0.3 is 10.4 Å². The summed E-state index contributed by atoms with van der Waals surface area (Å²) in [7, 11) is 0. The molecule has 0 spiro atoms. The third kappa shape index (κ3) is 2.81. The van der Waals surface area contributed by atoms with E-state index in [1.54, 1.807) is 0 Å². The summed E-state index contributed by atoms with van der Waals surface area (Å²) < 4.78 is 0. The van der Waals surface area contributed by atoms with E-state index in [1.165, 1.54) is 18.2 Å². The monoisotopic (exact) mass is 418 g/mol. The molecule has 2 aromatic carbocycles. The highest BCUT2D eigenvalue weighted by atomic mass is 35.5. The number of carbonyl (C=O) groups is 3. The number of amides is 3. The van der Waals surface area contributed by atoms with Crippen molar-refractivity contribution < 1.29 is 19.5 Å². The van der Waals surface area contributed by atoms with Crippen LogP contribution in [0.1, 0.15) is 31.1 Å². The molecule has 2 aromatic rings. The number of imide groups is 1. The molecule has 0 saturated heterocycles. The first-order valence-corrected chi connectivity index (χ1v) is 8.10. The Hall–Kier alpha value is -1.99. The van der Waals surface area contributed by atoms with Crippen LogP contribution in [0.4, 0.5) is 5.69 Å². The molecule has 3 amide bonds. The second-order valence-electron chi connectivity index (χ2n) is 4.95. The van der Waals surface area contributed by atoms with E-state index in [0.717, 1.165) is 0 Å². The molecule has 0 radical (unpaired) electrons. The van der Waals surface area contributed by atoms with Crippen LogP contribution in [-0.4, -0.2) is 22.8 Å². The minimum atomic E-state index is -0.886. The van der Waals surface area contributed by atoms with Gasteiger partial charge in [0.05, 0.1) is 31.9 Å². The van der Waals surface area contributed by atoms with Crippen LogP contribution in [0.15, 0.2) is 18.2 Å². The number of benzene rings is 2. The fourth-order valence-electron chi connectivity index (χ4n) is 2.34. The van der Waals surface area contributed by atoms with Crippen LogP contribution >= 0.6 is 46.4 Å². The lowest BCUT2D eigenvalue weighted by Gasteiger charge is -2.13. The van der Waals surface area contributed by atoms with Crippen molar-refractivity contribution in [2.24, 2.45) is 0 Å². The molecule has 6 nitrogen and oxygen atoms in total. The van der Waals surface area contributed by atoms with Gasteiger partial charge in [0.15, 0.2) is 0 Å². The van der Waals surface area contributed by atoms with Crippen LogP contribution in [0.25, 0.3) is 0 Å². The Kier molecular flexibility index (Phi) is 4.55. The molecule has 0 unspecified atom stereocenters. The Balaban J connectivity index is 2.07. The highest BCUT2D eigenvalue weighted by Crippen LogP contribution is 2.45. The Morgan fingerprint density at radius 2 is 1.60 bits per heavy atom. The van der Waals surface area contributed by atoms with E-state index in [4.69, 9.17) is 46.4 Å². The number of hydrogen-bond donors (Lipinski definition) is 3. The summed E-state index contributed by atoms with van der Waals surface area (Å²) in [6.45, 7) is 0. The van der Waals surface area contributed by atoms with Crippen LogP contribution in [-0.2, 0) is 0 Å². The number of nitrogens with one attached hydrogen (secondary N) is 2.